The highest BCUT2D eigenvalue weighted by Gasteiger charge is 2.69. The van der Waals surface area contributed by atoms with Crippen LogP contribution < -0.4 is 0 Å². The predicted molar refractivity (Wildman–Crippen MR) is 77.4 cm³/mol. The summed E-state index contributed by atoms with van der Waals surface area (Å²) in [5.41, 5.74) is 2.11. The monoisotopic (exact) mass is 260 g/mol. The number of nitrogens with zero attached hydrogens (tertiary/aromatic N) is 1. The Morgan fingerprint density at radius 2 is 1.89 bits per heavy atom. The number of ether oxygens (including phenoxy) is 1. The fourth-order valence-corrected chi connectivity index (χ4v) is 4.71. The van der Waals surface area contributed by atoms with Gasteiger partial charge in [0.15, 0.2) is 6.23 Å². The Morgan fingerprint density at radius 3 is 2.53 bits per heavy atom. The largest absolute Gasteiger partial charge is 0.332 e. The third kappa shape index (κ3) is 1.70. The highest BCUT2D eigenvalue weighted by atomic mass is 16.5. The molecule has 2 aliphatic heterocycles. The van der Waals surface area contributed by atoms with Crippen molar-refractivity contribution in [2.45, 2.75) is 40.0 Å². The second kappa shape index (κ2) is 4.07. The second-order valence-electron chi connectivity index (χ2n) is 7.36. The van der Waals surface area contributed by atoms with E-state index in [1.54, 1.807) is 0 Å². The fraction of sp³-hybridized carbons (Fsp3) is 0.647. The molecule has 104 valence electrons. The lowest BCUT2D eigenvalue weighted by Crippen LogP contribution is -2.56. The molecule has 2 saturated heterocycles. The van der Waals surface area contributed by atoms with Crippen LogP contribution in [0.3, 0.4) is 0 Å². The summed E-state index contributed by atoms with van der Waals surface area (Å²) < 4.78 is 7.09. The van der Waals surface area contributed by atoms with Gasteiger partial charge in [0.05, 0.1) is 18.5 Å². The van der Waals surface area contributed by atoms with Gasteiger partial charge in [0.2, 0.25) is 0 Å². The van der Waals surface area contributed by atoms with Gasteiger partial charge in [0.1, 0.15) is 6.54 Å². The van der Waals surface area contributed by atoms with E-state index >= 15 is 0 Å². The first-order valence-corrected chi connectivity index (χ1v) is 7.36. The van der Waals surface area contributed by atoms with Crippen LogP contribution >= 0.6 is 0 Å². The van der Waals surface area contributed by atoms with E-state index in [0.717, 1.165) is 11.0 Å². The molecule has 0 aliphatic carbocycles. The Bertz CT molecular complexity index is 469. The molecular weight excluding hydrogens is 234 g/mol. The Labute approximate surface area is 117 Å². The summed E-state index contributed by atoms with van der Waals surface area (Å²) in [6.45, 7) is 10.9. The SMILES string of the molecule is COC1C(C)(C)C2(C)CC[N+]1(Cc1ccccc1)C2. The predicted octanol–water partition coefficient (Wildman–Crippen LogP) is 3.43. The molecule has 2 heteroatoms. The number of quaternary nitrogens is 1. The number of methoxy groups -OCH3 is 1. The summed E-state index contributed by atoms with van der Waals surface area (Å²) in [7, 11) is 1.89. The maximum atomic E-state index is 5.97. The maximum Gasteiger partial charge on any atom is 0.199 e. The van der Waals surface area contributed by atoms with Gasteiger partial charge in [0, 0.05) is 24.5 Å². The van der Waals surface area contributed by atoms with Gasteiger partial charge in [-0.15, -0.1) is 0 Å². The Balaban J connectivity index is 1.95. The van der Waals surface area contributed by atoms with Crippen LogP contribution in [0, 0.1) is 10.8 Å². The van der Waals surface area contributed by atoms with Crippen molar-refractivity contribution < 1.29 is 9.22 Å². The second-order valence-corrected chi connectivity index (χ2v) is 7.36. The van der Waals surface area contributed by atoms with Crippen LogP contribution in [0.1, 0.15) is 32.8 Å². The quantitative estimate of drug-likeness (QED) is 0.757. The summed E-state index contributed by atoms with van der Waals surface area (Å²) in [5, 5.41) is 0. The fourth-order valence-electron chi connectivity index (χ4n) is 4.71. The molecule has 3 atom stereocenters. The van der Waals surface area contributed by atoms with E-state index in [4.69, 9.17) is 4.74 Å². The van der Waals surface area contributed by atoms with Gasteiger partial charge in [-0.1, -0.05) is 51.1 Å². The molecule has 2 bridgehead atoms. The molecule has 1 aromatic carbocycles. The van der Waals surface area contributed by atoms with E-state index in [2.05, 4.69) is 51.1 Å². The van der Waals surface area contributed by atoms with E-state index in [1.165, 1.54) is 25.1 Å². The van der Waals surface area contributed by atoms with E-state index in [-0.39, 0.29) is 5.41 Å². The molecular formula is C17H26NO+. The van der Waals surface area contributed by atoms with Crippen molar-refractivity contribution in [3.63, 3.8) is 0 Å². The molecule has 0 saturated carbocycles. The molecule has 0 radical (unpaired) electrons. The highest BCUT2D eigenvalue weighted by molar-refractivity contribution is 5.14. The molecule has 0 spiro atoms. The number of hydrogen-bond donors (Lipinski definition) is 0. The first kappa shape index (κ1) is 13.1. The van der Waals surface area contributed by atoms with Crippen molar-refractivity contribution in [2.75, 3.05) is 20.2 Å². The molecule has 0 aromatic heterocycles. The topological polar surface area (TPSA) is 9.23 Å². The summed E-state index contributed by atoms with van der Waals surface area (Å²) in [5.74, 6) is 0. The molecule has 19 heavy (non-hydrogen) atoms. The minimum atomic E-state index is 0.259. The molecule has 0 amide bonds. The van der Waals surface area contributed by atoms with Crippen molar-refractivity contribution in [3.05, 3.63) is 35.9 Å². The Morgan fingerprint density at radius 1 is 1.21 bits per heavy atom. The zero-order valence-corrected chi connectivity index (χ0v) is 12.6. The maximum absolute atomic E-state index is 5.97. The molecule has 3 unspecified atom stereocenters. The lowest BCUT2D eigenvalue weighted by molar-refractivity contribution is -0.969. The van der Waals surface area contributed by atoms with Crippen molar-refractivity contribution in [1.82, 2.24) is 0 Å². The molecule has 2 nitrogen and oxygen atoms in total. The molecule has 2 heterocycles. The van der Waals surface area contributed by atoms with Crippen molar-refractivity contribution in [3.8, 4) is 0 Å². The van der Waals surface area contributed by atoms with Gasteiger partial charge in [-0.25, -0.2) is 0 Å². The van der Waals surface area contributed by atoms with Crippen molar-refractivity contribution in [2.24, 2.45) is 10.8 Å². The third-order valence-corrected chi connectivity index (χ3v) is 6.01. The van der Waals surface area contributed by atoms with E-state index < -0.39 is 0 Å². The minimum absolute atomic E-state index is 0.259. The van der Waals surface area contributed by atoms with Crippen LogP contribution in [0.5, 0.6) is 0 Å². The number of benzene rings is 1. The standard InChI is InChI=1S/C17H26NO/c1-16(2)15(19-4)18(11-10-17(16,3)13-18)12-14-8-6-5-7-9-14/h5-9,15H,10-13H2,1-4H3/q+1. The average Bonchev–Trinajstić information content (AvgIpc) is 2.77. The first-order chi connectivity index (χ1) is 8.94. The summed E-state index contributed by atoms with van der Waals surface area (Å²) in [6, 6.07) is 10.9. The summed E-state index contributed by atoms with van der Waals surface area (Å²) in [6.07, 6.45) is 1.65. The zero-order chi connectivity index (χ0) is 13.7. The minimum Gasteiger partial charge on any atom is -0.332 e. The molecule has 0 N–H and O–H groups in total. The van der Waals surface area contributed by atoms with Gasteiger partial charge in [-0.05, 0) is 0 Å². The normalized spacial score (nSPS) is 39.7. The Hall–Kier alpha value is -0.860. The number of hydrogen-bond acceptors (Lipinski definition) is 1. The summed E-state index contributed by atoms with van der Waals surface area (Å²) in [4.78, 5) is 0. The molecule has 1 aromatic rings. The lowest BCUT2D eigenvalue weighted by Gasteiger charge is -2.45. The summed E-state index contributed by atoms with van der Waals surface area (Å²) >= 11 is 0. The van der Waals surface area contributed by atoms with Gasteiger partial charge < -0.3 is 4.74 Å². The number of fused-ring (bicyclic) bond motifs is 2. The number of rotatable bonds is 3. The van der Waals surface area contributed by atoms with Gasteiger partial charge >= 0.3 is 0 Å². The average molecular weight is 260 g/mol. The van der Waals surface area contributed by atoms with Crippen molar-refractivity contribution in [1.29, 1.82) is 0 Å². The molecule has 3 rings (SSSR count). The van der Waals surface area contributed by atoms with Crippen LogP contribution in [0.15, 0.2) is 30.3 Å². The van der Waals surface area contributed by atoms with Crippen LogP contribution in [0.4, 0.5) is 0 Å². The van der Waals surface area contributed by atoms with Crippen LogP contribution in [0.25, 0.3) is 0 Å². The van der Waals surface area contributed by atoms with Gasteiger partial charge in [0.25, 0.3) is 0 Å². The van der Waals surface area contributed by atoms with Gasteiger partial charge in [-0.2, -0.15) is 0 Å². The van der Waals surface area contributed by atoms with Crippen LogP contribution in [-0.4, -0.2) is 30.9 Å². The van der Waals surface area contributed by atoms with Crippen LogP contribution in [-0.2, 0) is 11.3 Å². The van der Waals surface area contributed by atoms with Crippen LogP contribution in [0.2, 0.25) is 0 Å². The highest BCUT2D eigenvalue weighted by Crippen LogP contribution is 2.61. The number of piperidine rings is 1. The van der Waals surface area contributed by atoms with E-state index in [1.807, 2.05) is 7.11 Å². The first-order valence-electron chi connectivity index (χ1n) is 7.36. The zero-order valence-electron chi connectivity index (χ0n) is 12.6. The van der Waals surface area contributed by atoms with Crippen molar-refractivity contribution >= 4 is 0 Å². The smallest absolute Gasteiger partial charge is 0.199 e. The molecule has 2 fully saturated rings. The van der Waals surface area contributed by atoms with E-state index in [0.29, 0.717) is 11.6 Å². The lowest BCUT2D eigenvalue weighted by atomic mass is 9.66. The van der Waals surface area contributed by atoms with Gasteiger partial charge in [-0.3, -0.25) is 4.48 Å². The Kier molecular flexibility index (Phi) is 2.81. The molecule has 2 aliphatic rings. The van der Waals surface area contributed by atoms with E-state index in [9.17, 15) is 0 Å². The third-order valence-electron chi connectivity index (χ3n) is 6.01.